The molecule has 0 bridgehead atoms. The minimum atomic E-state index is -4.73. The van der Waals surface area contributed by atoms with Gasteiger partial charge in [0, 0.05) is 11.6 Å². The second kappa shape index (κ2) is 7.91. The van der Waals surface area contributed by atoms with Crippen molar-refractivity contribution < 1.29 is 18.0 Å². The molecule has 1 N–H and O–H groups in total. The fraction of sp³-hybridized carbons (Fsp3) is 0.412. The number of nitrogens with one attached hydrogen (secondary N) is 1. The smallest absolute Gasteiger partial charge is 0.352 e. The Morgan fingerprint density at radius 3 is 2.68 bits per heavy atom. The van der Waals surface area contributed by atoms with E-state index in [4.69, 9.17) is 11.6 Å². The van der Waals surface area contributed by atoms with Gasteiger partial charge in [-0.05, 0) is 37.0 Å². The Kier molecular flexibility index (Phi) is 6.11. The highest BCUT2D eigenvalue weighted by atomic mass is 35.5. The molecule has 0 radical (unpaired) electrons. The van der Waals surface area contributed by atoms with Crippen molar-refractivity contribution in [3.63, 3.8) is 0 Å². The molecule has 8 heteroatoms. The molecular weight excluding hydrogens is 355 g/mol. The Bertz CT molecular complexity index is 741. The first-order chi connectivity index (χ1) is 11.7. The van der Waals surface area contributed by atoms with Crippen LogP contribution in [0.2, 0.25) is 5.02 Å². The number of aromatic nitrogens is 2. The van der Waals surface area contributed by atoms with Crippen molar-refractivity contribution in [1.82, 2.24) is 15.1 Å². The molecule has 0 saturated carbocycles. The quantitative estimate of drug-likeness (QED) is 0.745. The topological polar surface area (TPSA) is 46.9 Å². The highest BCUT2D eigenvalue weighted by Gasteiger charge is 2.40. The predicted molar refractivity (Wildman–Crippen MR) is 90.0 cm³/mol. The molecule has 4 nitrogen and oxygen atoms in total. The zero-order valence-electron chi connectivity index (χ0n) is 13.9. The fourth-order valence-corrected chi connectivity index (χ4v) is 2.58. The van der Waals surface area contributed by atoms with Crippen LogP contribution in [-0.2, 0) is 6.18 Å². The van der Waals surface area contributed by atoms with Gasteiger partial charge in [-0.3, -0.25) is 4.79 Å². The molecule has 1 aromatic carbocycles. The number of rotatable bonds is 6. The summed E-state index contributed by atoms with van der Waals surface area (Å²) in [5, 5.41) is 6.55. The Morgan fingerprint density at radius 1 is 1.36 bits per heavy atom. The van der Waals surface area contributed by atoms with Gasteiger partial charge in [-0.1, -0.05) is 31.5 Å². The summed E-state index contributed by atoms with van der Waals surface area (Å²) in [4.78, 5) is 12.2. The van der Waals surface area contributed by atoms with Crippen molar-refractivity contribution >= 4 is 17.5 Å². The number of halogens is 4. The summed E-state index contributed by atoms with van der Waals surface area (Å²) in [6.45, 7) is 4.40. The van der Waals surface area contributed by atoms with Gasteiger partial charge in [0.2, 0.25) is 0 Å². The van der Waals surface area contributed by atoms with E-state index in [1.807, 2.05) is 13.8 Å². The van der Waals surface area contributed by atoms with E-state index in [1.54, 1.807) is 6.07 Å². The van der Waals surface area contributed by atoms with Gasteiger partial charge in [-0.25, -0.2) is 4.68 Å². The molecule has 0 spiro atoms. The van der Waals surface area contributed by atoms with Gasteiger partial charge >= 0.3 is 6.18 Å². The third-order valence-corrected chi connectivity index (χ3v) is 3.81. The van der Waals surface area contributed by atoms with E-state index in [1.165, 1.54) is 18.2 Å². The molecular formula is C17H19ClF3N3O. The fourth-order valence-electron chi connectivity index (χ4n) is 2.40. The van der Waals surface area contributed by atoms with Crippen LogP contribution in [0.3, 0.4) is 0 Å². The maximum atomic E-state index is 13.5. The zero-order valence-corrected chi connectivity index (χ0v) is 14.7. The van der Waals surface area contributed by atoms with Crippen molar-refractivity contribution in [2.24, 2.45) is 5.92 Å². The first kappa shape index (κ1) is 19.3. The van der Waals surface area contributed by atoms with E-state index < -0.39 is 23.3 Å². The average Bonchev–Trinajstić information content (AvgIpc) is 2.96. The maximum Gasteiger partial charge on any atom is 0.434 e. The van der Waals surface area contributed by atoms with Gasteiger partial charge in [-0.2, -0.15) is 18.3 Å². The zero-order chi connectivity index (χ0) is 18.6. The van der Waals surface area contributed by atoms with Crippen molar-refractivity contribution in [2.75, 3.05) is 6.54 Å². The normalized spacial score (nSPS) is 11.8. The molecule has 2 aromatic rings. The molecule has 0 aliphatic carbocycles. The first-order valence-electron chi connectivity index (χ1n) is 7.89. The predicted octanol–water partition coefficient (Wildman–Crippen LogP) is 4.71. The summed E-state index contributed by atoms with van der Waals surface area (Å²) >= 11 is 5.84. The number of alkyl halides is 3. The second-order valence-electron chi connectivity index (χ2n) is 6.09. The number of carbonyl (C=O) groups excluding carboxylic acids is 1. The van der Waals surface area contributed by atoms with Crippen LogP contribution in [0.1, 0.15) is 42.7 Å². The van der Waals surface area contributed by atoms with Crippen molar-refractivity contribution in [1.29, 1.82) is 0 Å². The SMILES string of the molecule is CC(C)CCCNC(=O)c1cnn(-c2cccc(Cl)c2)c1C(F)(F)F. The van der Waals surface area contributed by atoms with E-state index in [0.717, 1.165) is 12.6 Å². The monoisotopic (exact) mass is 373 g/mol. The minimum absolute atomic E-state index is 0.138. The van der Waals surface area contributed by atoms with Crippen LogP contribution in [-0.4, -0.2) is 22.2 Å². The molecule has 2 rings (SSSR count). The lowest BCUT2D eigenvalue weighted by Crippen LogP contribution is -2.27. The molecule has 1 heterocycles. The number of nitrogens with zero attached hydrogens (tertiary/aromatic N) is 2. The summed E-state index contributed by atoms with van der Waals surface area (Å²) in [5.74, 6) is -0.322. The lowest BCUT2D eigenvalue weighted by molar-refractivity contribution is -0.143. The van der Waals surface area contributed by atoms with Crippen LogP contribution in [0.4, 0.5) is 13.2 Å². The van der Waals surface area contributed by atoms with Crippen LogP contribution in [0.15, 0.2) is 30.5 Å². The van der Waals surface area contributed by atoms with Crippen LogP contribution in [0.5, 0.6) is 0 Å². The Hall–Kier alpha value is -2.02. The Balaban J connectivity index is 2.29. The standard InChI is InChI=1S/C17H19ClF3N3O/c1-11(2)5-4-8-22-16(25)14-10-23-24(15(14)17(19,20)21)13-7-3-6-12(18)9-13/h3,6-7,9-11H,4-5,8H2,1-2H3,(H,22,25). The summed E-state index contributed by atoms with van der Waals surface area (Å²) in [7, 11) is 0. The second-order valence-corrected chi connectivity index (χ2v) is 6.52. The van der Waals surface area contributed by atoms with Crippen molar-refractivity contribution in [3.05, 3.63) is 46.7 Å². The maximum absolute atomic E-state index is 13.5. The van der Waals surface area contributed by atoms with Crippen molar-refractivity contribution in [3.8, 4) is 5.69 Å². The third kappa shape index (κ3) is 4.98. The van der Waals surface area contributed by atoms with Gasteiger partial charge in [0.25, 0.3) is 5.91 Å². The van der Waals surface area contributed by atoms with Gasteiger partial charge in [0.15, 0.2) is 5.69 Å². The number of hydrogen-bond donors (Lipinski definition) is 1. The van der Waals surface area contributed by atoms with E-state index in [0.29, 0.717) is 23.6 Å². The largest absolute Gasteiger partial charge is 0.434 e. The molecule has 0 unspecified atom stereocenters. The molecule has 0 fully saturated rings. The van der Waals surface area contributed by atoms with Gasteiger partial charge in [0.05, 0.1) is 17.4 Å². The van der Waals surface area contributed by atoms with Gasteiger partial charge in [-0.15, -0.1) is 0 Å². The number of amides is 1. The van der Waals surface area contributed by atoms with E-state index in [-0.39, 0.29) is 10.7 Å². The molecule has 0 aliphatic heterocycles. The van der Waals surface area contributed by atoms with Crippen molar-refractivity contribution in [2.45, 2.75) is 32.9 Å². The minimum Gasteiger partial charge on any atom is -0.352 e. The molecule has 0 saturated heterocycles. The van der Waals surface area contributed by atoms with E-state index >= 15 is 0 Å². The number of hydrogen-bond acceptors (Lipinski definition) is 2. The number of benzene rings is 1. The Labute approximate surface area is 149 Å². The van der Waals surface area contributed by atoms with E-state index in [9.17, 15) is 18.0 Å². The highest BCUT2D eigenvalue weighted by molar-refractivity contribution is 6.30. The number of carbonyl (C=O) groups is 1. The summed E-state index contributed by atoms with van der Waals surface area (Å²) < 4.78 is 41.2. The van der Waals surface area contributed by atoms with Crippen LogP contribution < -0.4 is 5.32 Å². The van der Waals surface area contributed by atoms with Gasteiger partial charge in [0.1, 0.15) is 0 Å². The molecule has 0 aliphatic rings. The van der Waals surface area contributed by atoms with Crippen LogP contribution in [0.25, 0.3) is 5.69 Å². The lowest BCUT2D eigenvalue weighted by Gasteiger charge is -2.13. The molecule has 1 amide bonds. The molecule has 0 atom stereocenters. The summed E-state index contributed by atoms with van der Waals surface area (Å²) in [5.41, 5.74) is -1.48. The summed E-state index contributed by atoms with van der Waals surface area (Å²) in [6, 6.07) is 5.86. The van der Waals surface area contributed by atoms with Gasteiger partial charge < -0.3 is 5.32 Å². The van der Waals surface area contributed by atoms with Crippen LogP contribution in [0, 0.1) is 5.92 Å². The summed E-state index contributed by atoms with van der Waals surface area (Å²) in [6.07, 6.45) is -2.22. The first-order valence-corrected chi connectivity index (χ1v) is 8.27. The average molecular weight is 374 g/mol. The highest BCUT2D eigenvalue weighted by Crippen LogP contribution is 2.34. The Morgan fingerprint density at radius 2 is 2.08 bits per heavy atom. The molecule has 25 heavy (non-hydrogen) atoms. The van der Waals surface area contributed by atoms with Crippen LogP contribution >= 0.6 is 11.6 Å². The van der Waals surface area contributed by atoms with E-state index in [2.05, 4.69) is 10.4 Å². The lowest BCUT2D eigenvalue weighted by atomic mass is 10.1. The molecule has 1 aromatic heterocycles. The molecule has 136 valence electrons. The third-order valence-electron chi connectivity index (χ3n) is 3.58.